The van der Waals surface area contributed by atoms with Gasteiger partial charge in [-0.05, 0) is 20.3 Å². The van der Waals surface area contributed by atoms with Crippen LogP contribution in [0, 0.1) is 0 Å². The molecule has 5 nitrogen and oxygen atoms in total. The number of aryl methyl sites for hydroxylation is 2. The van der Waals surface area contributed by atoms with Crippen molar-refractivity contribution in [3.8, 4) is 0 Å². The van der Waals surface area contributed by atoms with E-state index in [1.165, 1.54) is 0 Å². The Labute approximate surface area is 126 Å². The van der Waals surface area contributed by atoms with E-state index in [1.807, 2.05) is 11.6 Å². The molecule has 1 aromatic heterocycles. The van der Waals surface area contributed by atoms with Crippen LogP contribution in [0.5, 0.6) is 0 Å². The second-order valence-corrected chi connectivity index (χ2v) is 5.76. The Kier molecular flexibility index (Phi) is 5.43. The van der Waals surface area contributed by atoms with E-state index in [-0.39, 0.29) is 12.1 Å². The molecule has 114 valence electrons. The monoisotopic (exact) mass is 300 g/mol. The van der Waals surface area contributed by atoms with Crippen molar-refractivity contribution < 1.29 is 4.74 Å². The van der Waals surface area contributed by atoms with Gasteiger partial charge in [-0.3, -0.25) is 9.58 Å². The molecule has 2 atom stereocenters. The van der Waals surface area contributed by atoms with Gasteiger partial charge in [0.2, 0.25) is 0 Å². The molecule has 0 aliphatic carbocycles. The molecule has 1 saturated heterocycles. The first-order chi connectivity index (χ1) is 9.56. The maximum atomic E-state index is 6.46. The van der Waals surface area contributed by atoms with Crippen LogP contribution in [0.2, 0.25) is 5.02 Å². The minimum absolute atomic E-state index is 0.0514. The minimum Gasteiger partial charge on any atom is -0.374 e. The van der Waals surface area contributed by atoms with E-state index < -0.39 is 0 Å². The first kappa shape index (κ1) is 15.8. The Bertz CT molecular complexity index is 447. The third-order valence-electron chi connectivity index (χ3n) is 3.83. The quantitative estimate of drug-likeness (QED) is 0.899. The molecule has 0 radical (unpaired) electrons. The highest BCUT2D eigenvalue weighted by molar-refractivity contribution is 6.31. The molecule has 1 aliphatic rings. The molecule has 0 spiro atoms. The van der Waals surface area contributed by atoms with Crippen LogP contribution in [0.25, 0.3) is 0 Å². The molecule has 0 bridgehead atoms. The number of hydrogen-bond donors (Lipinski definition) is 1. The standard InChI is InChI=1S/C14H25ClN4O/c1-4-11-14(15)12(19(5-2)17-11)8-18-6-7-20-13(9-18)10(3)16/h10,13H,4-9,16H2,1-3H3. The van der Waals surface area contributed by atoms with Crippen LogP contribution in [-0.4, -0.2) is 46.5 Å². The summed E-state index contributed by atoms with van der Waals surface area (Å²) in [5, 5.41) is 5.39. The Morgan fingerprint density at radius 3 is 2.85 bits per heavy atom. The van der Waals surface area contributed by atoms with Crippen molar-refractivity contribution in [2.75, 3.05) is 19.7 Å². The topological polar surface area (TPSA) is 56.3 Å². The fourth-order valence-corrected chi connectivity index (χ4v) is 2.90. The molecule has 1 fully saturated rings. The molecule has 2 unspecified atom stereocenters. The molecule has 1 aromatic rings. The predicted octanol–water partition coefficient (Wildman–Crippen LogP) is 1.67. The summed E-state index contributed by atoms with van der Waals surface area (Å²) in [4.78, 5) is 2.35. The molecule has 2 heterocycles. The normalized spacial score (nSPS) is 22.1. The first-order valence-corrected chi connectivity index (χ1v) is 7.78. The van der Waals surface area contributed by atoms with Crippen LogP contribution in [0.3, 0.4) is 0 Å². The predicted molar refractivity (Wildman–Crippen MR) is 81.0 cm³/mol. The Morgan fingerprint density at radius 2 is 2.25 bits per heavy atom. The van der Waals surface area contributed by atoms with Gasteiger partial charge in [-0.2, -0.15) is 5.10 Å². The van der Waals surface area contributed by atoms with Crippen LogP contribution >= 0.6 is 11.6 Å². The molecule has 6 heteroatoms. The summed E-state index contributed by atoms with van der Waals surface area (Å²) in [6.07, 6.45) is 0.968. The highest BCUT2D eigenvalue weighted by Gasteiger charge is 2.25. The van der Waals surface area contributed by atoms with Crippen molar-refractivity contribution in [3.63, 3.8) is 0 Å². The van der Waals surface area contributed by atoms with Crippen molar-refractivity contribution in [1.82, 2.24) is 14.7 Å². The van der Waals surface area contributed by atoms with Gasteiger partial charge in [-0.1, -0.05) is 18.5 Å². The number of nitrogens with zero attached hydrogens (tertiary/aromatic N) is 3. The van der Waals surface area contributed by atoms with Gasteiger partial charge in [-0.25, -0.2) is 0 Å². The average molecular weight is 301 g/mol. The first-order valence-electron chi connectivity index (χ1n) is 7.40. The maximum Gasteiger partial charge on any atom is 0.0863 e. The maximum absolute atomic E-state index is 6.46. The summed E-state index contributed by atoms with van der Waals surface area (Å²) in [7, 11) is 0. The zero-order valence-electron chi connectivity index (χ0n) is 12.6. The molecular weight excluding hydrogens is 276 g/mol. The molecule has 2 N–H and O–H groups in total. The number of aromatic nitrogens is 2. The highest BCUT2D eigenvalue weighted by Crippen LogP contribution is 2.24. The van der Waals surface area contributed by atoms with E-state index in [0.717, 1.165) is 55.6 Å². The van der Waals surface area contributed by atoms with Crippen molar-refractivity contribution >= 4 is 11.6 Å². The fourth-order valence-electron chi connectivity index (χ4n) is 2.57. The molecular formula is C14H25ClN4O. The number of rotatable bonds is 5. The van der Waals surface area contributed by atoms with Crippen LogP contribution < -0.4 is 5.73 Å². The van der Waals surface area contributed by atoms with E-state index in [4.69, 9.17) is 22.1 Å². The second kappa shape index (κ2) is 6.89. The van der Waals surface area contributed by atoms with Gasteiger partial charge in [0.15, 0.2) is 0 Å². The lowest BCUT2D eigenvalue weighted by atomic mass is 10.1. The minimum atomic E-state index is 0.0514. The lowest BCUT2D eigenvalue weighted by Crippen LogP contribution is -2.49. The van der Waals surface area contributed by atoms with Gasteiger partial charge >= 0.3 is 0 Å². The van der Waals surface area contributed by atoms with Crippen molar-refractivity contribution in [1.29, 1.82) is 0 Å². The van der Waals surface area contributed by atoms with Gasteiger partial charge in [0.1, 0.15) is 0 Å². The van der Waals surface area contributed by atoms with Crippen LogP contribution in [0.1, 0.15) is 32.2 Å². The summed E-state index contributed by atoms with van der Waals surface area (Å²) < 4.78 is 7.71. The van der Waals surface area contributed by atoms with Crippen LogP contribution in [0.15, 0.2) is 0 Å². The Hall–Kier alpha value is -0.620. The van der Waals surface area contributed by atoms with Crippen LogP contribution in [-0.2, 0) is 24.2 Å². The lowest BCUT2D eigenvalue weighted by molar-refractivity contribution is -0.0410. The van der Waals surface area contributed by atoms with Gasteiger partial charge < -0.3 is 10.5 Å². The zero-order chi connectivity index (χ0) is 14.7. The Balaban J connectivity index is 2.11. The summed E-state index contributed by atoms with van der Waals surface area (Å²) in [5.74, 6) is 0. The molecule has 1 aliphatic heterocycles. The number of hydrogen-bond acceptors (Lipinski definition) is 4. The van der Waals surface area contributed by atoms with Gasteiger partial charge in [0, 0.05) is 32.2 Å². The van der Waals surface area contributed by atoms with Crippen molar-refractivity contribution in [3.05, 3.63) is 16.4 Å². The molecule has 0 saturated carbocycles. The van der Waals surface area contributed by atoms with Gasteiger partial charge in [-0.15, -0.1) is 0 Å². The average Bonchev–Trinajstić information content (AvgIpc) is 2.75. The summed E-state index contributed by atoms with van der Waals surface area (Å²) in [6.45, 7) is 10.3. The second-order valence-electron chi connectivity index (χ2n) is 5.38. The lowest BCUT2D eigenvalue weighted by Gasteiger charge is -2.34. The van der Waals surface area contributed by atoms with Crippen LogP contribution in [0.4, 0.5) is 0 Å². The molecule has 2 rings (SSSR count). The molecule has 0 amide bonds. The fraction of sp³-hybridized carbons (Fsp3) is 0.786. The number of nitrogens with two attached hydrogens (primary N) is 1. The van der Waals surface area contributed by atoms with E-state index in [9.17, 15) is 0 Å². The van der Waals surface area contributed by atoms with Crippen molar-refractivity contribution in [2.24, 2.45) is 5.73 Å². The number of morpholine rings is 1. The van der Waals surface area contributed by atoms with E-state index in [2.05, 4.69) is 23.8 Å². The summed E-state index contributed by atoms with van der Waals surface area (Å²) >= 11 is 6.46. The number of halogens is 1. The van der Waals surface area contributed by atoms with E-state index in [0.29, 0.717) is 0 Å². The van der Waals surface area contributed by atoms with Crippen molar-refractivity contribution in [2.45, 2.75) is 52.4 Å². The molecule has 0 aromatic carbocycles. The van der Waals surface area contributed by atoms with E-state index >= 15 is 0 Å². The molecule has 20 heavy (non-hydrogen) atoms. The van der Waals surface area contributed by atoms with E-state index in [1.54, 1.807) is 0 Å². The zero-order valence-corrected chi connectivity index (χ0v) is 13.4. The highest BCUT2D eigenvalue weighted by atomic mass is 35.5. The largest absolute Gasteiger partial charge is 0.374 e. The smallest absolute Gasteiger partial charge is 0.0863 e. The summed E-state index contributed by atoms with van der Waals surface area (Å²) in [5.41, 5.74) is 8.03. The SMILES string of the molecule is CCc1nn(CC)c(CN2CCOC(C(C)N)C2)c1Cl. The third-order valence-corrected chi connectivity index (χ3v) is 4.27. The third kappa shape index (κ3) is 3.34. The van der Waals surface area contributed by atoms with Gasteiger partial charge in [0.25, 0.3) is 0 Å². The summed E-state index contributed by atoms with van der Waals surface area (Å²) in [6, 6.07) is 0.0514. The Morgan fingerprint density at radius 1 is 1.50 bits per heavy atom. The van der Waals surface area contributed by atoms with Gasteiger partial charge in [0.05, 0.1) is 29.1 Å². The number of ether oxygens (including phenoxy) is 1.